The predicted molar refractivity (Wildman–Crippen MR) is 134 cm³/mol. The third-order valence-corrected chi connectivity index (χ3v) is 4.77. The van der Waals surface area contributed by atoms with Gasteiger partial charge in [0.15, 0.2) is 0 Å². The highest BCUT2D eigenvalue weighted by Crippen LogP contribution is 2.23. The Labute approximate surface area is 197 Å². The van der Waals surface area contributed by atoms with E-state index in [1.165, 1.54) is 0 Å². The number of hydrogen-bond acceptors (Lipinski definition) is 9. The van der Waals surface area contributed by atoms with Crippen LogP contribution in [0.5, 0.6) is 11.5 Å². The van der Waals surface area contributed by atoms with Crippen LogP contribution in [0.1, 0.15) is 11.1 Å². The van der Waals surface area contributed by atoms with E-state index in [0.29, 0.717) is 29.9 Å². The van der Waals surface area contributed by atoms with Crippen LogP contribution in [-0.2, 0) is 6.54 Å². The van der Waals surface area contributed by atoms with Crippen LogP contribution in [0.3, 0.4) is 0 Å². The van der Waals surface area contributed by atoms with Crippen molar-refractivity contribution in [3.8, 4) is 11.5 Å². The first-order valence-corrected chi connectivity index (χ1v) is 10.6. The van der Waals surface area contributed by atoms with Crippen molar-refractivity contribution in [2.45, 2.75) is 6.54 Å². The van der Waals surface area contributed by atoms with Gasteiger partial charge in [-0.2, -0.15) is 20.1 Å². The van der Waals surface area contributed by atoms with E-state index in [1.807, 2.05) is 72.8 Å². The quantitative estimate of drug-likeness (QED) is 0.234. The molecule has 0 fully saturated rings. The van der Waals surface area contributed by atoms with Crippen molar-refractivity contribution < 1.29 is 9.47 Å². The van der Waals surface area contributed by atoms with Crippen molar-refractivity contribution in [2.75, 3.05) is 30.3 Å². The summed E-state index contributed by atoms with van der Waals surface area (Å²) in [6.07, 6.45) is 1.63. The van der Waals surface area contributed by atoms with Gasteiger partial charge in [0.05, 0.1) is 20.4 Å². The molecule has 9 heteroatoms. The molecule has 0 aliphatic rings. The Hall–Kier alpha value is -4.66. The van der Waals surface area contributed by atoms with Crippen LogP contribution < -0.4 is 25.5 Å². The maximum atomic E-state index is 5.41. The molecule has 4 rings (SSSR count). The smallest absolute Gasteiger partial charge is 0.250 e. The number of aromatic nitrogens is 3. The molecule has 4 aromatic rings. The highest BCUT2D eigenvalue weighted by atomic mass is 16.5. The Morgan fingerprint density at radius 2 is 1.50 bits per heavy atom. The summed E-state index contributed by atoms with van der Waals surface area (Å²) in [5.74, 6) is 2.42. The van der Waals surface area contributed by atoms with Crippen molar-refractivity contribution in [3.05, 3.63) is 90.0 Å². The maximum absolute atomic E-state index is 5.41. The summed E-state index contributed by atoms with van der Waals surface area (Å²) in [6.45, 7) is 0.571. The number of rotatable bonds is 10. The molecule has 3 aromatic carbocycles. The van der Waals surface area contributed by atoms with Crippen LogP contribution >= 0.6 is 0 Å². The van der Waals surface area contributed by atoms with E-state index in [2.05, 4.69) is 36.1 Å². The van der Waals surface area contributed by atoms with Gasteiger partial charge in [-0.3, -0.25) is 0 Å². The van der Waals surface area contributed by atoms with Crippen LogP contribution in [-0.4, -0.2) is 35.4 Å². The molecule has 0 amide bonds. The third-order valence-electron chi connectivity index (χ3n) is 4.77. The molecule has 0 saturated carbocycles. The van der Waals surface area contributed by atoms with Crippen LogP contribution in [0.4, 0.5) is 23.5 Å². The highest BCUT2D eigenvalue weighted by molar-refractivity contribution is 5.84. The van der Waals surface area contributed by atoms with Crippen molar-refractivity contribution in [2.24, 2.45) is 5.10 Å². The minimum atomic E-state index is 0.285. The fraction of sp³-hybridized carbons (Fsp3) is 0.120. The number of hydrazone groups is 1. The van der Waals surface area contributed by atoms with E-state index in [9.17, 15) is 0 Å². The SMILES string of the molecule is COc1ccc(/C=N/Nc2nc(NCc3ccccc3)nc(Nc3ccccc3)n2)c(OC)c1. The normalized spacial score (nSPS) is 10.6. The standard InChI is InChI=1S/C25H25N7O2/c1-33-21-14-13-19(22(15-21)34-2)17-27-32-25-30-23(26-16-18-9-5-3-6-10-18)29-24(31-25)28-20-11-7-4-8-12-20/h3-15,17H,16H2,1-2H3,(H3,26,28,29,30,31,32)/b27-17+. The molecule has 34 heavy (non-hydrogen) atoms. The topological polar surface area (TPSA) is 106 Å². The fourth-order valence-corrected chi connectivity index (χ4v) is 3.07. The molecule has 0 bridgehead atoms. The lowest BCUT2D eigenvalue weighted by Crippen LogP contribution is -2.09. The maximum Gasteiger partial charge on any atom is 0.250 e. The molecule has 172 valence electrons. The zero-order valence-electron chi connectivity index (χ0n) is 18.9. The second kappa shape index (κ2) is 11.3. The number of nitrogens with one attached hydrogen (secondary N) is 3. The first kappa shape index (κ1) is 22.5. The van der Waals surface area contributed by atoms with E-state index in [1.54, 1.807) is 26.5 Å². The van der Waals surface area contributed by atoms with Crippen molar-refractivity contribution >= 4 is 29.7 Å². The molecular formula is C25H25N7O2. The molecule has 3 N–H and O–H groups in total. The second-order valence-electron chi connectivity index (χ2n) is 7.11. The molecular weight excluding hydrogens is 430 g/mol. The second-order valence-corrected chi connectivity index (χ2v) is 7.11. The van der Waals surface area contributed by atoms with Gasteiger partial charge in [-0.1, -0.05) is 48.5 Å². The molecule has 0 aliphatic heterocycles. The molecule has 0 atom stereocenters. The molecule has 0 aliphatic carbocycles. The average molecular weight is 456 g/mol. The van der Waals surface area contributed by atoms with Crippen molar-refractivity contribution in [3.63, 3.8) is 0 Å². The van der Waals surface area contributed by atoms with E-state index in [0.717, 1.165) is 16.8 Å². The Balaban J connectivity index is 1.53. The largest absolute Gasteiger partial charge is 0.497 e. The number of methoxy groups -OCH3 is 2. The molecule has 9 nitrogen and oxygen atoms in total. The molecule has 0 radical (unpaired) electrons. The summed E-state index contributed by atoms with van der Waals surface area (Å²) in [7, 11) is 3.20. The Bertz CT molecular complexity index is 1230. The monoisotopic (exact) mass is 455 g/mol. The van der Waals surface area contributed by atoms with E-state index < -0.39 is 0 Å². The number of benzene rings is 3. The average Bonchev–Trinajstić information content (AvgIpc) is 2.89. The number of para-hydroxylation sites is 1. The first-order valence-electron chi connectivity index (χ1n) is 10.6. The van der Waals surface area contributed by atoms with Gasteiger partial charge in [-0.15, -0.1) is 0 Å². The summed E-state index contributed by atoms with van der Waals surface area (Å²) < 4.78 is 10.6. The fourth-order valence-electron chi connectivity index (χ4n) is 3.07. The minimum Gasteiger partial charge on any atom is -0.497 e. The molecule has 0 saturated heterocycles. The van der Waals surface area contributed by atoms with Gasteiger partial charge in [-0.25, -0.2) is 5.43 Å². The van der Waals surface area contributed by atoms with Crippen molar-refractivity contribution in [1.29, 1.82) is 0 Å². The van der Waals surface area contributed by atoms with Gasteiger partial charge in [0, 0.05) is 23.9 Å². The third kappa shape index (κ3) is 6.19. The number of nitrogens with zero attached hydrogens (tertiary/aromatic N) is 4. The summed E-state index contributed by atoms with van der Waals surface area (Å²) in [5.41, 5.74) is 5.62. The Morgan fingerprint density at radius 3 is 2.24 bits per heavy atom. The summed E-state index contributed by atoms with van der Waals surface area (Å²) in [4.78, 5) is 13.4. The Kier molecular flexibility index (Phi) is 7.47. The minimum absolute atomic E-state index is 0.285. The summed E-state index contributed by atoms with van der Waals surface area (Å²) >= 11 is 0. The predicted octanol–water partition coefficient (Wildman–Crippen LogP) is 4.69. The number of hydrogen-bond donors (Lipinski definition) is 3. The van der Waals surface area contributed by atoms with Crippen LogP contribution in [0.25, 0.3) is 0 Å². The van der Waals surface area contributed by atoms with Crippen LogP contribution in [0.2, 0.25) is 0 Å². The van der Waals surface area contributed by atoms with Gasteiger partial charge in [0.2, 0.25) is 17.8 Å². The lowest BCUT2D eigenvalue weighted by molar-refractivity contribution is 0.394. The molecule has 0 spiro atoms. The van der Waals surface area contributed by atoms with Gasteiger partial charge >= 0.3 is 0 Å². The van der Waals surface area contributed by atoms with Crippen LogP contribution in [0, 0.1) is 0 Å². The van der Waals surface area contributed by atoms with Gasteiger partial charge in [-0.05, 0) is 29.8 Å². The first-order chi connectivity index (χ1) is 16.7. The number of anilines is 4. The zero-order valence-corrected chi connectivity index (χ0v) is 18.9. The van der Waals surface area contributed by atoms with Gasteiger partial charge < -0.3 is 20.1 Å². The van der Waals surface area contributed by atoms with Gasteiger partial charge in [0.1, 0.15) is 11.5 Å². The molecule has 1 heterocycles. The van der Waals surface area contributed by atoms with Gasteiger partial charge in [0.25, 0.3) is 0 Å². The van der Waals surface area contributed by atoms with E-state index in [-0.39, 0.29) is 5.95 Å². The highest BCUT2D eigenvalue weighted by Gasteiger charge is 2.08. The van der Waals surface area contributed by atoms with Crippen molar-refractivity contribution in [1.82, 2.24) is 15.0 Å². The molecule has 0 unspecified atom stereocenters. The van der Waals surface area contributed by atoms with Crippen LogP contribution in [0.15, 0.2) is 84.0 Å². The Morgan fingerprint density at radius 1 is 0.794 bits per heavy atom. The summed E-state index contributed by atoms with van der Waals surface area (Å²) in [6, 6.07) is 25.2. The lowest BCUT2D eigenvalue weighted by Gasteiger charge is -2.10. The lowest BCUT2D eigenvalue weighted by atomic mass is 10.2. The van der Waals surface area contributed by atoms with E-state index >= 15 is 0 Å². The molecule has 1 aromatic heterocycles. The number of ether oxygens (including phenoxy) is 2. The van der Waals surface area contributed by atoms with E-state index in [4.69, 9.17) is 9.47 Å². The summed E-state index contributed by atoms with van der Waals surface area (Å²) in [5, 5.41) is 10.7. The zero-order chi connectivity index (χ0) is 23.6.